The first kappa shape index (κ1) is 14.1. The number of hydrogen-bond acceptors (Lipinski definition) is 4. The number of benzene rings is 3. The molecule has 25 heavy (non-hydrogen) atoms. The maximum Gasteiger partial charge on any atom is 0.249 e. The van der Waals surface area contributed by atoms with E-state index < -0.39 is 0 Å². The maximum atomic E-state index is 11.8. The summed E-state index contributed by atoms with van der Waals surface area (Å²) >= 11 is 0. The highest BCUT2D eigenvalue weighted by Gasteiger charge is 2.20. The molecule has 0 radical (unpaired) electrons. The van der Waals surface area contributed by atoms with Gasteiger partial charge in [-0.15, -0.1) is 10.2 Å². The van der Waals surface area contributed by atoms with Crippen molar-refractivity contribution in [1.82, 2.24) is 0 Å². The van der Waals surface area contributed by atoms with Gasteiger partial charge in [0.2, 0.25) is 5.90 Å². The highest BCUT2D eigenvalue weighted by Crippen LogP contribution is 2.22. The van der Waals surface area contributed by atoms with Gasteiger partial charge in [0, 0.05) is 12.8 Å². The third kappa shape index (κ3) is 2.34. The van der Waals surface area contributed by atoms with E-state index in [1.54, 1.807) is 0 Å². The van der Waals surface area contributed by atoms with Crippen LogP contribution in [0.25, 0.3) is 16.8 Å². The summed E-state index contributed by atoms with van der Waals surface area (Å²) in [5, 5.41) is 12.5. The summed E-state index contributed by atoms with van der Waals surface area (Å²) in [4.78, 5) is 11.8. The van der Waals surface area contributed by atoms with Crippen molar-refractivity contribution in [2.45, 2.75) is 12.8 Å². The minimum absolute atomic E-state index is 0.249. The Morgan fingerprint density at radius 1 is 0.960 bits per heavy atom. The Kier molecular flexibility index (Phi) is 3.04. The van der Waals surface area contributed by atoms with Gasteiger partial charge in [-0.25, -0.2) is 0 Å². The number of Topliss-reactive ketones (excluding diaryl/α,β-unsaturated/α-hetero) is 1. The van der Waals surface area contributed by atoms with Gasteiger partial charge in [-0.1, -0.05) is 30.3 Å². The van der Waals surface area contributed by atoms with Gasteiger partial charge in [-0.3, -0.25) is 4.79 Å². The van der Waals surface area contributed by atoms with Crippen LogP contribution in [0.4, 0.5) is 0 Å². The minimum atomic E-state index is 0.249. The molecule has 1 aliphatic carbocycles. The number of fused-ring (bicyclic) bond motifs is 4. The number of ether oxygens (including phenoxy) is 1. The molecular weight excluding hydrogens is 312 g/mol. The number of carbonyl (C=O) groups is 1. The summed E-state index contributed by atoms with van der Waals surface area (Å²) in [5.41, 5.74) is 1.95. The van der Waals surface area contributed by atoms with Gasteiger partial charge in [0.15, 0.2) is 0 Å². The Labute approximate surface area is 143 Å². The molecular formula is C21H14N2O2. The fraction of sp³-hybridized carbons (Fsp3) is 0.0952. The molecule has 4 heteroatoms. The maximum absolute atomic E-state index is 11.8. The molecule has 3 aromatic carbocycles. The number of para-hydroxylation sites is 1. The summed E-state index contributed by atoms with van der Waals surface area (Å²) in [5.74, 6) is 1.47. The predicted octanol–water partition coefficient (Wildman–Crippen LogP) is 2.51. The van der Waals surface area contributed by atoms with Gasteiger partial charge < -0.3 is 4.74 Å². The van der Waals surface area contributed by atoms with Crippen molar-refractivity contribution in [2.75, 3.05) is 0 Å². The van der Waals surface area contributed by atoms with Crippen LogP contribution < -0.4 is 15.3 Å². The van der Waals surface area contributed by atoms with Crippen LogP contribution in [0.5, 0.6) is 5.75 Å². The smallest absolute Gasteiger partial charge is 0.249 e. The van der Waals surface area contributed by atoms with Crippen molar-refractivity contribution in [1.29, 1.82) is 0 Å². The summed E-state index contributed by atoms with van der Waals surface area (Å²) in [6.07, 6.45) is 3.00. The van der Waals surface area contributed by atoms with Gasteiger partial charge in [0.1, 0.15) is 11.5 Å². The van der Waals surface area contributed by atoms with E-state index in [0.717, 1.165) is 38.2 Å². The van der Waals surface area contributed by atoms with Gasteiger partial charge in [-0.2, -0.15) is 0 Å². The molecule has 5 rings (SSSR count). The normalized spacial score (nSPS) is 15.0. The number of carbonyl (C=O) groups excluding carboxylic acids is 1. The lowest BCUT2D eigenvalue weighted by atomic mass is 9.93. The Morgan fingerprint density at radius 3 is 2.72 bits per heavy atom. The third-order valence-electron chi connectivity index (χ3n) is 4.62. The van der Waals surface area contributed by atoms with Crippen LogP contribution in [0.2, 0.25) is 0 Å². The van der Waals surface area contributed by atoms with E-state index in [9.17, 15) is 4.79 Å². The van der Waals surface area contributed by atoms with Crippen LogP contribution in [0, 0.1) is 0 Å². The van der Waals surface area contributed by atoms with Crippen LogP contribution in [-0.4, -0.2) is 11.7 Å². The van der Waals surface area contributed by atoms with Gasteiger partial charge in [0.25, 0.3) is 0 Å². The number of hydrogen-bond donors (Lipinski definition) is 0. The molecule has 0 aromatic heterocycles. The van der Waals surface area contributed by atoms with E-state index in [1.807, 2.05) is 48.5 Å². The monoisotopic (exact) mass is 326 g/mol. The van der Waals surface area contributed by atoms with Crippen LogP contribution in [0.15, 0.2) is 64.8 Å². The molecule has 2 aliphatic rings. The topological polar surface area (TPSA) is 51.0 Å². The second-order valence-corrected chi connectivity index (χ2v) is 6.28. The van der Waals surface area contributed by atoms with E-state index in [2.05, 4.69) is 22.3 Å². The molecule has 3 aromatic rings. The Hall–Kier alpha value is -3.27. The molecule has 0 N–H and O–H groups in total. The van der Waals surface area contributed by atoms with Crippen LogP contribution in [0.1, 0.15) is 17.5 Å². The lowest BCUT2D eigenvalue weighted by molar-refractivity contribution is -0.117. The molecule has 0 fully saturated rings. The second-order valence-electron chi connectivity index (χ2n) is 6.28. The lowest BCUT2D eigenvalue weighted by Gasteiger charge is -2.12. The predicted molar refractivity (Wildman–Crippen MR) is 96.1 cm³/mol. The van der Waals surface area contributed by atoms with Crippen LogP contribution in [0.3, 0.4) is 0 Å². The molecule has 0 saturated carbocycles. The van der Waals surface area contributed by atoms with E-state index in [-0.39, 0.29) is 5.78 Å². The molecule has 120 valence electrons. The number of ketones is 1. The van der Waals surface area contributed by atoms with Crippen molar-refractivity contribution in [3.05, 3.63) is 76.3 Å². The van der Waals surface area contributed by atoms with E-state index >= 15 is 0 Å². The molecule has 0 amide bonds. The van der Waals surface area contributed by atoms with Crippen molar-refractivity contribution >= 4 is 28.5 Å². The fourth-order valence-corrected chi connectivity index (χ4v) is 3.40. The van der Waals surface area contributed by atoms with E-state index in [4.69, 9.17) is 4.74 Å². The Bertz CT molecular complexity index is 1180. The first-order valence-electron chi connectivity index (χ1n) is 8.24. The quantitative estimate of drug-likeness (QED) is 0.690. The Balaban J connectivity index is 1.68. The molecule has 0 unspecified atom stereocenters. The van der Waals surface area contributed by atoms with Crippen molar-refractivity contribution in [2.24, 2.45) is 10.2 Å². The first-order valence-corrected chi connectivity index (χ1v) is 8.24. The third-order valence-corrected chi connectivity index (χ3v) is 4.62. The summed E-state index contributed by atoms with van der Waals surface area (Å²) in [6.45, 7) is 0. The van der Waals surface area contributed by atoms with Crippen LogP contribution >= 0.6 is 0 Å². The lowest BCUT2D eigenvalue weighted by Crippen LogP contribution is -2.21. The molecule has 0 spiro atoms. The molecule has 4 nitrogen and oxygen atoms in total. The standard InChI is InChI=1S/C21H14N2O2/c24-16-8-6-13-10-14-7-9-19-20(18(14)12-15(13)11-16)21(23-22-19)25-17-4-2-1-3-5-17/h1-7,9-10,12H,8,11H2. The molecule has 0 bridgehead atoms. The largest absolute Gasteiger partial charge is 0.437 e. The van der Waals surface area contributed by atoms with Gasteiger partial charge in [0.05, 0.1) is 10.9 Å². The zero-order chi connectivity index (χ0) is 16.8. The summed E-state index contributed by atoms with van der Waals surface area (Å²) in [6, 6.07) is 17.8. The summed E-state index contributed by atoms with van der Waals surface area (Å²) < 4.78 is 5.96. The SMILES string of the molecule is O=C1CC=c2cc3ccc4c(c3cc2C1)C(Oc1ccccc1)=NN=4. The highest BCUT2D eigenvalue weighted by atomic mass is 16.5. The van der Waals surface area contributed by atoms with E-state index in [0.29, 0.717) is 18.7 Å². The van der Waals surface area contributed by atoms with Crippen LogP contribution in [-0.2, 0) is 11.2 Å². The van der Waals surface area contributed by atoms with Gasteiger partial charge in [-0.05, 0) is 51.9 Å². The Morgan fingerprint density at radius 2 is 1.84 bits per heavy atom. The highest BCUT2D eigenvalue weighted by molar-refractivity contribution is 6.09. The summed E-state index contributed by atoms with van der Waals surface area (Å²) in [7, 11) is 0. The van der Waals surface area contributed by atoms with E-state index in [1.165, 1.54) is 0 Å². The molecule has 1 heterocycles. The van der Waals surface area contributed by atoms with Crippen molar-refractivity contribution in [3.63, 3.8) is 0 Å². The minimum Gasteiger partial charge on any atom is -0.437 e. The average Bonchev–Trinajstić information content (AvgIpc) is 3.04. The zero-order valence-corrected chi connectivity index (χ0v) is 13.4. The first-order chi connectivity index (χ1) is 12.3. The van der Waals surface area contributed by atoms with Crippen molar-refractivity contribution in [3.8, 4) is 5.75 Å². The van der Waals surface area contributed by atoms with Gasteiger partial charge >= 0.3 is 0 Å². The fourth-order valence-electron chi connectivity index (χ4n) is 3.40. The van der Waals surface area contributed by atoms with Crippen molar-refractivity contribution < 1.29 is 9.53 Å². The average molecular weight is 326 g/mol. The zero-order valence-electron chi connectivity index (χ0n) is 13.4. The second kappa shape index (κ2) is 5.38. The molecule has 0 atom stereocenters. The number of rotatable bonds is 1. The molecule has 0 saturated heterocycles. The number of nitrogens with zero attached hydrogens (tertiary/aromatic N) is 2. The molecule has 1 aliphatic heterocycles.